The number of thiocarbonyl (C=S) groups is 1. The molecule has 0 radical (unpaired) electrons. The third-order valence-corrected chi connectivity index (χ3v) is 1.67. The molecule has 0 unspecified atom stereocenters. The largest absolute Gasteiger partial charge is 0.513 e. The summed E-state index contributed by atoms with van der Waals surface area (Å²) in [7, 11) is 0. The third-order valence-electron chi connectivity index (χ3n) is 0.528. The van der Waals surface area contributed by atoms with Crippen molar-refractivity contribution in [1.29, 1.82) is 0 Å². The van der Waals surface area contributed by atoms with Crippen LogP contribution in [0.3, 0.4) is 0 Å². The zero-order valence-electron chi connectivity index (χ0n) is 4.84. The third kappa shape index (κ3) is 4.15. The highest BCUT2D eigenvalue weighted by Gasteiger charge is 1.85. The lowest BCUT2D eigenvalue weighted by atomic mass is 10.5. The molecular formula is C5H8OS2. The number of aliphatic hydroxyl groups excluding tert-OH is 1. The van der Waals surface area contributed by atoms with E-state index in [1.54, 1.807) is 13.0 Å². The van der Waals surface area contributed by atoms with Crippen molar-refractivity contribution in [3.63, 3.8) is 0 Å². The molecule has 0 fully saturated rings. The van der Waals surface area contributed by atoms with Crippen LogP contribution in [0.25, 0.3) is 0 Å². The molecule has 0 aromatic rings. The Morgan fingerprint density at radius 1 is 1.75 bits per heavy atom. The second-order valence-electron chi connectivity index (χ2n) is 1.31. The van der Waals surface area contributed by atoms with Crippen LogP contribution in [0.4, 0.5) is 0 Å². The number of thioether (sulfide) groups is 1. The molecule has 0 amide bonds. The monoisotopic (exact) mass is 148 g/mol. The second kappa shape index (κ2) is 3.92. The van der Waals surface area contributed by atoms with Crippen LogP contribution in [0.1, 0.15) is 6.92 Å². The topological polar surface area (TPSA) is 20.2 Å². The molecule has 1 N–H and O–H groups in total. The molecule has 0 rings (SSSR count). The zero-order chi connectivity index (χ0) is 6.57. The Labute approximate surface area is 58.8 Å². The van der Waals surface area contributed by atoms with Gasteiger partial charge in [0.2, 0.25) is 0 Å². The van der Waals surface area contributed by atoms with Gasteiger partial charge in [-0.1, -0.05) is 12.2 Å². The minimum absolute atomic E-state index is 0.268. The Bertz CT molecular complexity index is 114. The van der Waals surface area contributed by atoms with Gasteiger partial charge in [-0.25, -0.2) is 0 Å². The molecule has 3 heteroatoms. The molecule has 0 aliphatic carbocycles. The Balaban J connectivity index is 3.70. The van der Waals surface area contributed by atoms with Gasteiger partial charge in [0.05, 0.1) is 9.96 Å². The SMILES string of the molecule is CSC(=S)/C=C(\C)O. The van der Waals surface area contributed by atoms with Crippen molar-refractivity contribution in [2.75, 3.05) is 6.26 Å². The van der Waals surface area contributed by atoms with Crippen LogP contribution in [0.15, 0.2) is 11.8 Å². The van der Waals surface area contributed by atoms with Gasteiger partial charge in [0, 0.05) is 0 Å². The predicted molar refractivity (Wildman–Crippen MR) is 42.5 cm³/mol. The molecular weight excluding hydrogens is 140 g/mol. The lowest BCUT2D eigenvalue weighted by Gasteiger charge is -1.88. The number of hydrogen-bond acceptors (Lipinski definition) is 3. The molecule has 0 spiro atoms. The van der Waals surface area contributed by atoms with E-state index in [4.69, 9.17) is 17.3 Å². The van der Waals surface area contributed by atoms with E-state index in [0.717, 1.165) is 0 Å². The fourth-order valence-corrected chi connectivity index (χ4v) is 0.688. The van der Waals surface area contributed by atoms with Gasteiger partial charge < -0.3 is 5.11 Å². The first-order valence-corrected chi connectivity index (χ1v) is 3.75. The Morgan fingerprint density at radius 2 is 2.25 bits per heavy atom. The molecule has 46 valence electrons. The number of hydrogen-bond donors (Lipinski definition) is 1. The Morgan fingerprint density at radius 3 is 2.38 bits per heavy atom. The molecule has 0 aromatic heterocycles. The van der Waals surface area contributed by atoms with Crippen molar-refractivity contribution in [3.8, 4) is 0 Å². The van der Waals surface area contributed by atoms with Crippen LogP contribution in [-0.2, 0) is 0 Å². The summed E-state index contributed by atoms with van der Waals surface area (Å²) in [5.41, 5.74) is 0. The summed E-state index contributed by atoms with van der Waals surface area (Å²) >= 11 is 6.21. The van der Waals surface area contributed by atoms with Crippen LogP contribution in [-0.4, -0.2) is 15.6 Å². The molecule has 0 bridgehead atoms. The molecule has 0 aliphatic rings. The van der Waals surface area contributed by atoms with Crippen molar-refractivity contribution in [2.24, 2.45) is 0 Å². The molecule has 0 aliphatic heterocycles. The molecule has 0 saturated heterocycles. The number of aliphatic hydroxyl groups is 1. The lowest BCUT2D eigenvalue weighted by Crippen LogP contribution is -1.80. The van der Waals surface area contributed by atoms with E-state index in [9.17, 15) is 0 Å². The van der Waals surface area contributed by atoms with Crippen molar-refractivity contribution in [3.05, 3.63) is 11.8 Å². The van der Waals surface area contributed by atoms with Gasteiger partial charge in [0.25, 0.3) is 0 Å². The minimum Gasteiger partial charge on any atom is -0.513 e. The normalized spacial score (nSPS) is 11.5. The van der Waals surface area contributed by atoms with Crippen LogP contribution in [0, 0.1) is 0 Å². The van der Waals surface area contributed by atoms with Crippen molar-refractivity contribution in [2.45, 2.75) is 6.92 Å². The summed E-state index contributed by atoms with van der Waals surface area (Å²) in [5.74, 6) is 0.268. The summed E-state index contributed by atoms with van der Waals surface area (Å²) in [6.07, 6.45) is 3.43. The quantitative estimate of drug-likeness (QED) is 0.349. The summed E-state index contributed by atoms with van der Waals surface area (Å²) in [6.45, 7) is 1.60. The highest BCUT2D eigenvalue weighted by atomic mass is 32.2. The van der Waals surface area contributed by atoms with E-state index < -0.39 is 0 Å². The lowest BCUT2D eigenvalue weighted by molar-refractivity contribution is 0.415. The predicted octanol–water partition coefficient (Wildman–Crippen LogP) is 2.14. The first-order valence-electron chi connectivity index (χ1n) is 2.12. The first kappa shape index (κ1) is 7.98. The Hall–Kier alpha value is -0.0200. The molecule has 0 heterocycles. The fraction of sp³-hybridized carbons (Fsp3) is 0.400. The van der Waals surface area contributed by atoms with E-state index >= 15 is 0 Å². The molecule has 0 saturated carbocycles. The van der Waals surface area contributed by atoms with Crippen LogP contribution in [0.2, 0.25) is 0 Å². The van der Waals surface area contributed by atoms with E-state index in [0.29, 0.717) is 4.20 Å². The summed E-state index contributed by atoms with van der Waals surface area (Å²) in [4.78, 5) is 0. The smallest absolute Gasteiger partial charge is 0.0911 e. The highest BCUT2D eigenvalue weighted by Crippen LogP contribution is 2.00. The van der Waals surface area contributed by atoms with E-state index in [2.05, 4.69) is 0 Å². The van der Waals surface area contributed by atoms with Gasteiger partial charge in [-0.05, 0) is 19.3 Å². The van der Waals surface area contributed by atoms with Crippen LogP contribution >= 0.6 is 24.0 Å². The van der Waals surface area contributed by atoms with Crippen LogP contribution in [0.5, 0.6) is 0 Å². The number of rotatable bonds is 1. The van der Waals surface area contributed by atoms with E-state index in [1.807, 2.05) is 6.26 Å². The second-order valence-corrected chi connectivity index (χ2v) is 2.86. The van der Waals surface area contributed by atoms with Gasteiger partial charge in [0.15, 0.2) is 0 Å². The van der Waals surface area contributed by atoms with Crippen LogP contribution < -0.4 is 0 Å². The van der Waals surface area contributed by atoms with E-state index in [1.165, 1.54) is 11.8 Å². The van der Waals surface area contributed by atoms with Crippen molar-refractivity contribution < 1.29 is 5.11 Å². The molecule has 1 nitrogen and oxygen atoms in total. The van der Waals surface area contributed by atoms with Crippen molar-refractivity contribution in [1.82, 2.24) is 0 Å². The zero-order valence-corrected chi connectivity index (χ0v) is 6.47. The average molecular weight is 148 g/mol. The highest BCUT2D eigenvalue weighted by molar-refractivity contribution is 8.23. The van der Waals surface area contributed by atoms with Gasteiger partial charge in [-0.15, -0.1) is 11.8 Å². The van der Waals surface area contributed by atoms with Gasteiger partial charge >= 0.3 is 0 Å². The molecule has 8 heavy (non-hydrogen) atoms. The standard InChI is InChI=1S/C5H8OS2/c1-4(6)3-5(7)8-2/h3,6H,1-2H3/b4-3+. The molecule has 0 atom stereocenters. The average Bonchev–Trinajstić information content (AvgIpc) is 1.65. The maximum Gasteiger partial charge on any atom is 0.0911 e. The minimum atomic E-state index is 0.268. The fourth-order valence-electron chi connectivity index (χ4n) is 0.229. The molecule has 0 aromatic carbocycles. The summed E-state index contributed by atoms with van der Waals surface area (Å²) in [6, 6.07) is 0. The van der Waals surface area contributed by atoms with Gasteiger partial charge in [0.1, 0.15) is 0 Å². The number of allylic oxidation sites excluding steroid dienone is 1. The maximum atomic E-state index is 8.61. The first-order chi connectivity index (χ1) is 3.66. The summed E-state index contributed by atoms with van der Waals surface area (Å²) in [5, 5.41) is 8.61. The van der Waals surface area contributed by atoms with Gasteiger partial charge in [-0.2, -0.15) is 0 Å². The Kier molecular flexibility index (Phi) is 3.91. The van der Waals surface area contributed by atoms with Gasteiger partial charge in [-0.3, -0.25) is 0 Å². The maximum absolute atomic E-state index is 8.61. The van der Waals surface area contributed by atoms with Crippen molar-refractivity contribution >= 4 is 28.2 Å². The van der Waals surface area contributed by atoms with E-state index in [-0.39, 0.29) is 5.76 Å². The summed E-state index contributed by atoms with van der Waals surface area (Å²) < 4.78 is 0.713.